The van der Waals surface area contributed by atoms with E-state index in [1.165, 1.54) is 6.07 Å². The molecule has 0 N–H and O–H groups in total. The molecule has 0 spiro atoms. The van der Waals surface area contributed by atoms with Crippen LogP contribution in [0.3, 0.4) is 0 Å². The van der Waals surface area contributed by atoms with Gasteiger partial charge in [0.1, 0.15) is 6.10 Å². The molecule has 1 aliphatic heterocycles. The number of ketones is 1. The molecule has 1 fully saturated rings. The van der Waals surface area contributed by atoms with Gasteiger partial charge in [0.2, 0.25) is 0 Å². The standard InChI is InChI=1S/C11H10F2O2/c12-8-4-3-7(6-9(8)13)11(14)10-2-1-5-15-10/h3-4,6,10H,1-2,5H2. The van der Waals surface area contributed by atoms with Crippen LogP contribution in [0.25, 0.3) is 0 Å². The molecule has 1 unspecified atom stereocenters. The van der Waals surface area contributed by atoms with Crippen LogP contribution in [-0.4, -0.2) is 18.5 Å². The van der Waals surface area contributed by atoms with Gasteiger partial charge in [-0.2, -0.15) is 0 Å². The van der Waals surface area contributed by atoms with Crippen LogP contribution in [0.4, 0.5) is 8.78 Å². The van der Waals surface area contributed by atoms with Crippen LogP contribution < -0.4 is 0 Å². The van der Waals surface area contributed by atoms with Crippen molar-refractivity contribution in [2.75, 3.05) is 6.61 Å². The number of Topliss-reactive ketones (excluding diaryl/α,β-unsaturated/α-hetero) is 1. The van der Waals surface area contributed by atoms with Crippen LogP contribution in [0.15, 0.2) is 18.2 Å². The smallest absolute Gasteiger partial charge is 0.191 e. The first-order valence-electron chi connectivity index (χ1n) is 4.79. The fraction of sp³-hybridized carbons (Fsp3) is 0.364. The molecule has 1 atom stereocenters. The third-order valence-electron chi connectivity index (χ3n) is 2.43. The summed E-state index contributed by atoms with van der Waals surface area (Å²) in [6, 6.07) is 3.15. The zero-order valence-electron chi connectivity index (χ0n) is 8.00. The number of benzene rings is 1. The largest absolute Gasteiger partial charge is 0.370 e. The zero-order valence-corrected chi connectivity index (χ0v) is 8.00. The van der Waals surface area contributed by atoms with E-state index >= 15 is 0 Å². The first-order chi connectivity index (χ1) is 7.18. The summed E-state index contributed by atoms with van der Waals surface area (Å²) in [5, 5.41) is 0. The number of hydrogen-bond donors (Lipinski definition) is 0. The molecule has 1 aliphatic rings. The molecule has 0 bridgehead atoms. The number of carbonyl (C=O) groups is 1. The number of carbonyl (C=O) groups excluding carboxylic acids is 1. The second kappa shape index (κ2) is 4.06. The van der Waals surface area contributed by atoms with E-state index in [1.54, 1.807) is 0 Å². The molecule has 2 rings (SSSR count). The second-order valence-corrected chi connectivity index (χ2v) is 3.49. The van der Waals surface area contributed by atoms with Crippen molar-refractivity contribution in [3.63, 3.8) is 0 Å². The highest BCUT2D eigenvalue weighted by Crippen LogP contribution is 2.18. The van der Waals surface area contributed by atoms with Crippen molar-refractivity contribution in [2.45, 2.75) is 18.9 Å². The molecule has 0 aromatic heterocycles. The molecular weight excluding hydrogens is 202 g/mol. The van der Waals surface area contributed by atoms with Crippen LogP contribution in [0.5, 0.6) is 0 Å². The van der Waals surface area contributed by atoms with E-state index in [2.05, 4.69) is 0 Å². The average Bonchev–Trinajstić information content (AvgIpc) is 2.74. The van der Waals surface area contributed by atoms with E-state index in [0.29, 0.717) is 13.0 Å². The summed E-state index contributed by atoms with van der Waals surface area (Å²) < 4.78 is 30.7. The Hall–Kier alpha value is -1.29. The number of rotatable bonds is 2. The van der Waals surface area contributed by atoms with Crippen LogP contribution in [-0.2, 0) is 4.74 Å². The molecule has 15 heavy (non-hydrogen) atoms. The Morgan fingerprint density at radius 3 is 2.73 bits per heavy atom. The molecule has 0 aliphatic carbocycles. The number of ether oxygens (including phenoxy) is 1. The topological polar surface area (TPSA) is 26.3 Å². The molecule has 0 radical (unpaired) electrons. The third-order valence-corrected chi connectivity index (χ3v) is 2.43. The normalized spacial score (nSPS) is 20.5. The molecule has 4 heteroatoms. The molecule has 1 aromatic rings. The van der Waals surface area contributed by atoms with E-state index in [4.69, 9.17) is 4.74 Å². The minimum atomic E-state index is -1.00. The number of halogens is 2. The van der Waals surface area contributed by atoms with Gasteiger partial charge in [0.25, 0.3) is 0 Å². The van der Waals surface area contributed by atoms with Gasteiger partial charge >= 0.3 is 0 Å². The summed E-state index contributed by atoms with van der Waals surface area (Å²) in [6.45, 7) is 0.556. The fourth-order valence-corrected chi connectivity index (χ4v) is 1.62. The zero-order chi connectivity index (χ0) is 10.8. The maximum atomic E-state index is 12.9. The maximum Gasteiger partial charge on any atom is 0.191 e. The summed E-state index contributed by atoms with van der Waals surface area (Å²) in [5.74, 6) is -2.22. The highest BCUT2D eigenvalue weighted by molar-refractivity contribution is 5.99. The Bertz CT molecular complexity index is 384. The van der Waals surface area contributed by atoms with Crippen molar-refractivity contribution in [1.29, 1.82) is 0 Å². The monoisotopic (exact) mass is 212 g/mol. The van der Waals surface area contributed by atoms with E-state index in [0.717, 1.165) is 18.6 Å². The molecule has 1 aromatic carbocycles. The van der Waals surface area contributed by atoms with E-state index in [9.17, 15) is 13.6 Å². The predicted molar refractivity (Wildman–Crippen MR) is 49.7 cm³/mol. The van der Waals surface area contributed by atoms with Gasteiger partial charge < -0.3 is 4.74 Å². The van der Waals surface area contributed by atoms with Crippen LogP contribution in [0.1, 0.15) is 23.2 Å². The lowest BCUT2D eigenvalue weighted by Gasteiger charge is -2.07. The molecule has 80 valence electrons. The van der Waals surface area contributed by atoms with Gasteiger partial charge in [-0.3, -0.25) is 4.79 Å². The maximum absolute atomic E-state index is 12.9. The van der Waals surface area contributed by atoms with Crippen LogP contribution in [0.2, 0.25) is 0 Å². The first-order valence-corrected chi connectivity index (χ1v) is 4.79. The quantitative estimate of drug-likeness (QED) is 0.703. The summed E-state index contributed by atoms with van der Waals surface area (Å²) in [5.41, 5.74) is 0.167. The molecule has 1 heterocycles. The van der Waals surface area contributed by atoms with Gasteiger partial charge in [0, 0.05) is 12.2 Å². The summed E-state index contributed by atoms with van der Waals surface area (Å²) in [4.78, 5) is 11.7. The predicted octanol–water partition coefficient (Wildman–Crippen LogP) is 2.33. The first kappa shape index (κ1) is 10.2. The van der Waals surface area contributed by atoms with Crippen molar-refractivity contribution in [1.82, 2.24) is 0 Å². The Balaban J connectivity index is 2.21. The Kier molecular flexibility index (Phi) is 2.77. The van der Waals surface area contributed by atoms with Gasteiger partial charge in [-0.25, -0.2) is 8.78 Å². The van der Waals surface area contributed by atoms with E-state index < -0.39 is 17.7 Å². The van der Waals surface area contributed by atoms with Gasteiger partial charge in [0.15, 0.2) is 17.4 Å². The van der Waals surface area contributed by atoms with Gasteiger partial charge in [-0.05, 0) is 31.0 Å². The fourth-order valence-electron chi connectivity index (χ4n) is 1.62. The second-order valence-electron chi connectivity index (χ2n) is 3.49. The van der Waals surface area contributed by atoms with Crippen LogP contribution >= 0.6 is 0 Å². The average molecular weight is 212 g/mol. The Labute approximate surface area is 85.9 Å². The van der Waals surface area contributed by atoms with Gasteiger partial charge in [-0.15, -0.1) is 0 Å². The van der Waals surface area contributed by atoms with Crippen molar-refractivity contribution >= 4 is 5.78 Å². The highest BCUT2D eigenvalue weighted by Gasteiger charge is 2.25. The van der Waals surface area contributed by atoms with Crippen molar-refractivity contribution in [3.8, 4) is 0 Å². The van der Waals surface area contributed by atoms with Gasteiger partial charge in [0.05, 0.1) is 0 Å². The molecule has 0 amide bonds. The lowest BCUT2D eigenvalue weighted by molar-refractivity contribution is 0.0642. The van der Waals surface area contributed by atoms with E-state index in [-0.39, 0.29) is 11.3 Å². The van der Waals surface area contributed by atoms with Gasteiger partial charge in [-0.1, -0.05) is 0 Å². The lowest BCUT2D eigenvalue weighted by atomic mass is 10.0. The lowest BCUT2D eigenvalue weighted by Crippen LogP contribution is -2.19. The Morgan fingerprint density at radius 1 is 1.33 bits per heavy atom. The molecule has 2 nitrogen and oxygen atoms in total. The summed E-state index contributed by atoms with van der Waals surface area (Å²) >= 11 is 0. The summed E-state index contributed by atoms with van der Waals surface area (Å²) in [6.07, 6.45) is 0.993. The Morgan fingerprint density at radius 2 is 2.13 bits per heavy atom. The minimum absolute atomic E-state index is 0.167. The molecule has 1 saturated heterocycles. The van der Waals surface area contributed by atoms with Crippen molar-refractivity contribution in [2.24, 2.45) is 0 Å². The van der Waals surface area contributed by atoms with Crippen LogP contribution in [0, 0.1) is 11.6 Å². The van der Waals surface area contributed by atoms with E-state index in [1.807, 2.05) is 0 Å². The number of hydrogen-bond acceptors (Lipinski definition) is 2. The van der Waals surface area contributed by atoms with Crippen molar-refractivity contribution < 1.29 is 18.3 Å². The molecule has 0 saturated carbocycles. The molecular formula is C11H10F2O2. The third kappa shape index (κ3) is 2.04. The highest BCUT2D eigenvalue weighted by atomic mass is 19.2. The SMILES string of the molecule is O=C(c1ccc(F)c(F)c1)C1CCCO1. The minimum Gasteiger partial charge on any atom is -0.370 e. The van der Waals surface area contributed by atoms with Crippen molar-refractivity contribution in [3.05, 3.63) is 35.4 Å². The summed E-state index contributed by atoms with van der Waals surface area (Å²) in [7, 11) is 0.